The summed E-state index contributed by atoms with van der Waals surface area (Å²) in [5.41, 5.74) is -0.355. The third-order valence-corrected chi connectivity index (χ3v) is 5.63. The number of nitrogens with one attached hydrogen (secondary N) is 1. The Balaban J connectivity index is 1.49. The average molecular weight is 397 g/mol. The lowest BCUT2D eigenvalue weighted by Crippen LogP contribution is -2.52. The maximum atomic E-state index is 12.6. The molecule has 0 saturated carbocycles. The topological polar surface area (TPSA) is 35.6 Å². The normalized spacial score (nSPS) is 17.6. The number of hydrogen-bond acceptors (Lipinski definition) is 4. The molecule has 8 heteroatoms. The Bertz CT molecular complexity index is 739. The van der Waals surface area contributed by atoms with Crippen molar-refractivity contribution in [1.29, 1.82) is 0 Å². The molecule has 1 saturated heterocycles. The van der Waals surface area contributed by atoms with Gasteiger partial charge in [0, 0.05) is 43.3 Å². The molecular weight excluding hydrogens is 375 g/mol. The van der Waals surface area contributed by atoms with Crippen LogP contribution < -0.4 is 5.32 Å². The first-order valence-corrected chi connectivity index (χ1v) is 9.68. The van der Waals surface area contributed by atoms with Crippen LogP contribution in [0.15, 0.2) is 41.8 Å². The minimum Gasteiger partial charge on any atom is -0.325 e. The summed E-state index contributed by atoms with van der Waals surface area (Å²) < 4.78 is 37.8. The predicted octanol–water partition coefficient (Wildman–Crippen LogP) is 3.91. The van der Waals surface area contributed by atoms with Crippen LogP contribution in [-0.2, 0) is 17.5 Å². The highest BCUT2D eigenvalue weighted by molar-refractivity contribution is 7.09. The molecule has 0 radical (unpaired) electrons. The summed E-state index contributed by atoms with van der Waals surface area (Å²) in [7, 11) is 0. The van der Waals surface area contributed by atoms with E-state index < -0.39 is 11.7 Å². The van der Waals surface area contributed by atoms with E-state index in [1.807, 2.05) is 13.0 Å². The Kier molecular flexibility index (Phi) is 6.18. The van der Waals surface area contributed by atoms with Crippen LogP contribution in [0.25, 0.3) is 0 Å². The van der Waals surface area contributed by atoms with E-state index in [4.69, 9.17) is 0 Å². The molecule has 0 unspecified atom stereocenters. The van der Waals surface area contributed by atoms with Gasteiger partial charge in [0.05, 0.1) is 11.6 Å². The van der Waals surface area contributed by atoms with Gasteiger partial charge in [-0.05, 0) is 42.6 Å². The van der Waals surface area contributed by atoms with E-state index in [1.54, 1.807) is 11.3 Å². The van der Waals surface area contributed by atoms with Crippen molar-refractivity contribution in [2.75, 3.05) is 31.5 Å². The summed E-state index contributed by atoms with van der Waals surface area (Å²) in [4.78, 5) is 18.2. The molecule has 1 aromatic carbocycles. The van der Waals surface area contributed by atoms with E-state index in [1.165, 1.54) is 17.0 Å². The zero-order valence-corrected chi connectivity index (χ0v) is 15.8. The fourth-order valence-electron chi connectivity index (χ4n) is 3.09. The number of halogens is 3. The van der Waals surface area contributed by atoms with Gasteiger partial charge >= 0.3 is 6.18 Å². The van der Waals surface area contributed by atoms with Gasteiger partial charge in [-0.1, -0.05) is 6.07 Å². The smallest absolute Gasteiger partial charge is 0.325 e. The van der Waals surface area contributed by atoms with Crippen molar-refractivity contribution in [2.24, 2.45) is 0 Å². The van der Waals surface area contributed by atoms with Crippen molar-refractivity contribution >= 4 is 22.9 Å². The van der Waals surface area contributed by atoms with E-state index >= 15 is 0 Å². The van der Waals surface area contributed by atoms with Gasteiger partial charge in [0.1, 0.15) is 0 Å². The molecule has 1 aromatic heterocycles. The number of carbonyl (C=O) groups is 1. The van der Waals surface area contributed by atoms with Crippen molar-refractivity contribution in [2.45, 2.75) is 25.7 Å². The summed E-state index contributed by atoms with van der Waals surface area (Å²) in [6.45, 7) is 6.09. The minimum absolute atomic E-state index is 0.207. The second kappa shape index (κ2) is 8.41. The fraction of sp³-hybridized carbons (Fsp3) is 0.421. The van der Waals surface area contributed by atoms with Crippen molar-refractivity contribution < 1.29 is 18.0 Å². The maximum absolute atomic E-state index is 12.6. The van der Waals surface area contributed by atoms with Crippen LogP contribution >= 0.6 is 11.3 Å². The molecule has 0 spiro atoms. The number of piperazine rings is 1. The molecule has 0 bridgehead atoms. The number of hydrogen-bond donors (Lipinski definition) is 1. The van der Waals surface area contributed by atoms with Gasteiger partial charge in [-0.2, -0.15) is 13.2 Å². The lowest BCUT2D eigenvalue weighted by molar-refractivity contribution is -0.137. The molecule has 1 aliphatic heterocycles. The molecule has 4 nitrogen and oxygen atoms in total. The van der Waals surface area contributed by atoms with E-state index in [0.29, 0.717) is 5.69 Å². The minimum atomic E-state index is -4.38. The van der Waals surface area contributed by atoms with Gasteiger partial charge < -0.3 is 5.32 Å². The van der Waals surface area contributed by atoms with Gasteiger partial charge in [0.2, 0.25) is 5.91 Å². The molecule has 1 atom stereocenters. The van der Waals surface area contributed by atoms with Crippen LogP contribution in [0.3, 0.4) is 0 Å². The third kappa shape index (κ3) is 5.31. The van der Waals surface area contributed by atoms with E-state index in [0.717, 1.165) is 44.9 Å². The summed E-state index contributed by atoms with van der Waals surface area (Å²) in [6.07, 6.45) is -4.38. The van der Waals surface area contributed by atoms with Crippen LogP contribution in [0.5, 0.6) is 0 Å². The Morgan fingerprint density at radius 1 is 1.15 bits per heavy atom. The number of thiophene rings is 1. The van der Waals surface area contributed by atoms with Crippen LogP contribution in [0.4, 0.5) is 18.9 Å². The van der Waals surface area contributed by atoms with E-state index in [2.05, 4.69) is 26.6 Å². The number of carbonyl (C=O) groups excluding carboxylic acids is 1. The SMILES string of the molecule is C[C@H](C(=O)Nc1ccc(C(F)(F)F)cc1)N1CCN(Cc2cccs2)CC1. The molecule has 1 N–H and O–H groups in total. The van der Waals surface area contributed by atoms with Gasteiger partial charge in [-0.3, -0.25) is 14.6 Å². The molecule has 27 heavy (non-hydrogen) atoms. The molecule has 2 heterocycles. The van der Waals surface area contributed by atoms with E-state index in [9.17, 15) is 18.0 Å². The monoisotopic (exact) mass is 397 g/mol. The Labute approximate surface area is 160 Å². The first-order valence-electron chi connectivity index (χ1n) is 8.80. The highest BCUT2D eigenvalue weighted by atomic mass is 32.1. The van der Waals surface area contributed by atoms with Crippen molar-refractivity contribution in [3.8, 4) is 0 Å². The average Bonchev–Trinajstić information content (AvgIpc) is 3.14. The summed E-state index contributed by atoms with van der Waals surface area (Å²) in [6, 6.07) is 8.35. The van der Waals surface area contributed by atoms with Gasteiger partial charge in [0.15, 0.2) is 0 Å². The largest absolute Gasteiger partial charge is 0.416 e. The van der Waals surface area contributed by atoms with Crippen LogP contribution in [0.2, 0.25) is 0 Å². The zero-order chi connectivity index (χ0) is 19.4. The fourth-order valence-corrected chi connectivity index (χ4v) is 3.83. The van der Waals surface area contributed by atoms with Crippen molar-refractivity contribution in [3.63, 3.8) is 0 Å². The van der Waals surface area contributed by atoms with Crippen molar-refractivity contribution in [3.05, 3.63) is 52.2 Å². The van der Waals surface area contributed by atoms with Gasteiger partial charge in [0.25, 0.3) is 0 Å². The Morgan fingerprint density at radius 2 is 1.81 bits per heavy atom. The van der Waals surface area contributed by atoms with Crippen LogP contribution in [0.1, 0.15) is 17.4 Å². The lowest BCUT2D eigenvalue weighted by Gasteiger charge is -2.37. The van der Waals surface area contributed by atoms with Crippen LogP contribution in [-0.4, -0.2) is 47.9 Å². The lowest BCUT2D eigenvalue weighted by atomic mass is 10.1. The number of anilines is 1. The molecule has 3 rings (SSSR count). The van der Waals surface area contributed by atoms with Gasteiger partial charge in [-0.15, -0.1) is 11.3 Å². The maximum Gasteiger partial charge on any atom is 0.416 e. The van der Waals surface area contributed by atoms with E-state index in [-0.39, 0.29) is 11.9 Å². The molecule has 0 aliphatic carbocycles. The number of nitrogens with zero attached hydrogens (tertiary/aromatic N) is 2. The Hall–Kier alpha value is -1.90. The molecule has 146 valence electrons. The summed E-state index contributed by atoms with van der Waals surface area (Å²) in [5, 5.41) is 4.77. The quantitative estimate of drug-likeness (QED) is 0.831. The van der Waals surface area contributed by atoms with Gasteiger partial charge in [-0.25, -0.2) is 0 Å². The first-order chi connectivity index (χ1) is 12.8. The number of rotatable bonds is 5. The zero-order valence-electron chi connectivity index (χ0n) is 15.0. The van der Waals surface area contributed by atoms with Crippen molar-refractivity contribution in [1.82, 2.24) is 9.80 Å². The number of alkyl halides is 3. The molecule has 1 aliphatic rings. The number of amides is 1. The second-order valence-electron chi connectivity index (χ2n) is 6.63. The number of benzene rings is 1. The summed E-state index contributed by atoms with van der Waals surface area (Å²) >= 11 is 1.74. The molecule has 1 fully saturated rings. The summed E-state index contributed by atoms with van der Waals surface area (Å²) in [5.74, 6) is -0.207. The highest BCUT2D eigenvalue weighted by Gasteiger charge is 2.30. The van der Waals surface area contributed by atoms with Crippen LogP contribution in [0, 0.1) is 0 Å². The second-order valence-corrected chi connectivity index (χ2v) is 7.66. The Morgan fingerprint density at radius 3 is 2.37 bits per heavy atom. The highest BCUT2D eigenvalue weighted by Crippen LogP contribution is 2.29. The third-order valence-electron chi connectivity index (χ3n) is 4.77. The standard InChI is InChI=1S/C19H22F3N3OS/c1-14(18(26)23-16-6-4-15(5-7-16)19(20,21)22)25-10-8-24(9-11-25)13-17-3-2-12-27-17/h2-7,12,14H,8-11,13H2,1H3,(H,23,26)/t14-/m1/s1. The molecular formula is C19H22F3N3OS. The molecule has 2 aromatic rings. The first kappa shape index (κ1) is 19.9. The molecule has 1 amide bonds. The predicted molar refractivity (Wildman–Crippen MR) is 101 cm³/mol.